The molecule has 1 aromatic heterocycles. The normalized spacial score (nSPS) is 29.3. The number of rotatable bonds is 4. The Balaban J connectivity index is 1.56. The summed E-state index contributed by atoms with van der Waals surface area (Å²) in [6.07, 6.45) is 4.41. The second kappa shape index (κ2) is 6.60. The number of sulfone groups is 1. The molecule has 0 radical (unpaired) electrons. The zero-order valence-corrected chi connectivity index (χ0v) is 14.2. The minimum Gasteiger partial charge on any atom is -0.351 e. The second-order valence-electron chi connectivity index (χ2n) is 6.63. The van der Waals surface area contributed by atoms with Crippen LogP contribution in [0, 0.1) is 0 Å². The fourth-order valence-corrected chi connectivity index (χ4v) is 5.18. The van der Waals surface area contributed by atoms with E-state index in [1.165, 1.54) is 0 Å². The van der Waals surface area contributed by atoms with Gasteiger partial charge in [0.1, 0.15) is 0 Å². The molecule has 1 amide bonds. The van der Waals surface area contributed by atoms with Gasteiger partial charge in [0.15, 0.2) is 9.84 Å². The van der Waals surface area contributed by atoms with Gasteiger partial charge in [-0.05, 0) is 38.8 Å². The molecule has 7 nitrogen and oxygen atoms in total. The molecule has 0 bridgehead atoms. The van der Waals surface area contributed by atoms with Gasteiger partial charge in [0, 0.05) is 30.4 Å². The van der Waals surface area contributed by atoms with Crippen molar-refractivity contribution in [3.05, 3.63) is 18.0 Å². The second-order valence-corrected chi connectivity index (χ2v) is 8.86. The minimum absolute atomic E-state index is 0.0717. The Kier molecular flexibility index (Phi) is 4.72. The quantitative estimate of drug-likeness (QED) is 0.821. The van der Waals surface area contributed by atoms with E-state index in [-0.39, 0.29) is 29.5 Å². The van der Waals surface area contributed by atoms with E-state index in [1.807, 2.05) is 13.0 Å². The number of carbonyl (C=O) groups excluding carboxylic acids is 1. The Labute approximate surface area is 136 Å². The summed E-state index contributed by atoms with van der Waals surface area (Å²) in [5.74, 6) is 0.547. The zero-order chi connectivity index (χ0) is 16.4. The van der Waals surface area contributed by atoms with Crippen molar-refractivity contribution >= 4 is 15.7 Å². The van der Waals surface area contributed by atoms with Gasteiger partial charge < -0.3 is 5.32 Å². The monoisotopic (exact) mass is 340 g/mol. The van der Waals surface area contributed by atoms with E-state index >= 15 is 0 Å². The largest absolute Gasteiger partial charge is 0.351 e. The van der Waals surface area contributed by atoms with Gasteiger partial charge in [-0.15, -0.1) is 0 Å². The molecule has 128 valence electrons. The van der Waals surface area contributed by atoms with Crippen molar-refractivity contribution in [2.45, 2.75) is 44.2 Å². The number of aromatic amines is 1. The summed E-state index contributed by atoms with van der Waals surface area (Å²) in [4.78, 5) is 14.6. The number of likely N-dealkylation sites (tertiary alicyclic amines) is 1. The average molecular weight is 340 g/mol. The Bertz CT molecular complexity index is 644. The van der Waals surface area contributed by atoms with E-state index in [4.69, 9.17) is 0 Å². The number of hydrogen-bond donors (Lipinski definition) is 2. The van der Waals surface area contributed by atoms with E-state index in [1.54, 1.807) is 6.20 Å². The standard InChI is InChI=1S/C15H24N4O3S/c1-11(15(20)17-13-5-8-23(21,22)10-13)19-7-2-3-12(9-19)14-4-6-16-18-14/h4,6,11-13H,2-3,5,7-10H2,1H3,(H,16,18)(H,17,20)/t11-,12+,13+/m1/s1. The van der Waals surface area contributed by atoms with Crippen molar-refractivity contribution in [1.29, 1.82) is 0 Å². The molecule has 0 aromatic carbocycles. The first-order chi connectivity index (χ1) is 10.9. The highest BCUT2D eigenvalue weighted by atomic mass is 32.2. The number of aromatic nitrogens is 2. The van der Waals surface area contributed by atoms with Gasteiger partial charge in [-0.1, -0.05) is 0 Å². The lowest BCUT2D eigenvalue weighted by Crippen LogP contribution is -2.51. The number of carbonyl (C=O) groups is 1. The Morgan fingerprint density at radius 3 is 2.96 bits per heavy atom. The first-order valence-corrected chi connectivity index (χ1v) is 10.0. The van der Waals surface area contributed by atoms with Crippen LogP contribution in [0.25, 0.3) is 0 Å². The molecule has 3 rings (SSSR count). The molecule has 3 atom stereocenters. The third-order valence-electron chi connectivity index (χ3n) is 4.92. The molecule has 0 spiro atoms. The van der Waals surface area contributed by atoms with Crippen LogP contribution >= 0.6 is 0 Å². The van der Waals surface area contributed by atoms with Gasteiger partial charge in [-0.2, -0.15) is 5.10 Å². The molecule has 0 saturated carbocycles. The van der Waals surface area contributed by atoms with Gasteiger partial charge in [-0.3, -0.25) is 14.8 Å². The molecule has 1 aromatic rings. The highest BCUT2D eigenvalue weighted by Gasteiger charge is 2.33. The first-order valence-electron chi connectivity index (χ1n) is 8.19. The molecule has 2 saturated heterocycles. The lowest BCUT2D eigenvalue weighted by molar-refractivity contribution is -0.126. The van der Waals surface area contributed by atoms with Crippen molar-refractivity contribution in [1.82, 2.24) is 20.4 Å². The highest BCUT2D eigenvalue weighted by molar-refractivity contribution is 7.91. The summed E-state index contributed by atoms with van der Waals surface area (Å²) in [7, 11) is -2.97. The smallest absolute Gasteiger partial charge is 0.237 e. The van der Waals surface area contributed by atoms with Gasteiger partial charge >= 0.3 is 0 Å². The van der Waals surface area contributed by atoms with Gasteiger partial charge in [0.2, 0.25) is 5.91 Å². The highest BCUT2D eigenvalue weighted by Crippen LogP contribution is 2.26. The maximum absolute atomic E-state index is 12.4. The van der Waals surface area contributed by atoms with Crippen molar-refractivity contribution in [3.63, 3.8) is 0 Å². The SMILES string of the molecule is C[C@H](C(=O)N[C@H]1CCS(=O)(=O)C1)N1CCC[C@H](c2ccn[nH]2)C1. The van der Waals surface area contributed by atoms with Crippen LogP contribution in [0.1, 0.15) is 37.8 Å². The maximum atomic E-state index is 12.4. The predicted molar refractivity (Wildman–Crippen MR) is 86.8 cm³/mol. The van der Waals surface area contributed by atoms with Crippen LogP contribution in [0.5, 0.6) is 0 Å². The third kappa shape index (κ3) is 3.92. The minimum atomic E-state index is -2.97. The van der Waals surface area contributed by atoms with Gasteiger partial charge in [-0.25, -0.2) is 8.42 Å². The van der Waals surface area contributed by atoms with E-state index in [0.29, 0.717) is 12.3 Å². The summed E-state index contributed by atoms with van der Waals surface area (Å²) < 4.78 is 23.0. The van der Waals surface area contributed by atoms with Crippen molar-refractivity contribution in [2.24, 2.45) is 0 Å². The molecule has 2 aliphatic heterocycles. The number of amides is 1. The molecule has 0 unspecified atom stereocenters. The number of hydrogen-bond acceptors (Lipinski definition) is 5. The molecule has 2 N–H and O–H groups in total. The van der Waals surface area contributed by atoms with Crippen molar-refractivity contribution < 1.29 is 13.2 Å². The summed E-state index contributed by atoms with van der Waals surface area (Å²) in [6, 6.07) is 1.51. The number of piperidine rings is 1. The summed E-state index contributed by atoms with van der Waals surface area (Å²) in [5.41, 5.74) is 1.11. The number of nitrogens with one attached hydrogen (secondary N) is 2. The predicted octanol–water partition coefficient (Wildman–Crippen LogP) is 0.281. The van der Waals surface area contributed by atoms with Gasteiger partial charge in [0.05, 0.1) is 17.5 Å². The third-order valence-corrected chi connectivity index (χ3v) is 6.69. The Hall–Kier alpha value is -1.41. The van der Waals surface area contributed by atoms with Gasteiger partial charge in [0.25, 0.3) is 0 Å². The summed E-state index contributed by atoms with van der Waals surface area (Å²) in [5, 5.41) is 9.93. The van der Waals surface area contributed by atoms with E-state index in [2.05, 4.69) is 20.4 Å². The topological polar surface area (TPSA) is 95.2 Å². The van der Waals surface area contributed by atoms with E-state index in [0.717, 1.165) is 31.6 Å². The fraction of sp³-hybridized carbons (Fsp3) is 0.733. The lowest BCUT2D eigenvalue weighted by atomic mass is 9.94. The zero-order valence-electron chi connectivity index (χ0n) is 13.4. The fourth-order valence-electron chi connectivity index (χ4n) is 3.50. The van der Waals surface area contributed by atoms with Crippen LogP contribution in [0.3, 0.4) is 0 Å². The van der Waals surface area contributed by atoms with Crippen LogP contribution in [0.4, 0.5) is 0 Å². The molecule has 0 aliphatic carbocycles. The van der Waals surface area contributed by atoms with Crippen molar-refractivity contribution in [2.75, 3.05) is 24.6 Å². The van der Waals surface area contributed by atoms with Crippen LogP contribution in [-0.4, -0.2) is 66.1 Å². The van der Waals surface area contributed by atoms with Crippen LogP contribution in [-0.2, 0) is 14.6 Å². The maximum Gasteiger partial charge on any atom is 0.237 e. The van der Waals surface area contributed by atoms with E-state index in [9.17, 15) is 13.2 Å². The Morgan fingerprint density at radius 2 is 2.30 bits per heavy atom. The average Bonchev–Trinajstić information content (AvgIpc) is 3.16. The number of H-pyrrole nitrogens is 1. The first kappa shape index (κ1) is 16.4. The molecule has 23 heavy (non-hydrogen) atoms. The summed E-state index contributed by atoms with van der Waals surface area (Å²) >= 11 is 0. The summed E-state index contributed by atoms with van der Waals surface area (Å²) in [6.45, 7) is 3.61. The Morgan fingerprint density at radius 1 is 1.48 bits per heavy atom. The number of nitrogens with zero attached hydrogens (tertiary/aromatic N) is 2. The van der Waals surface area contributed by atoms with Crippen molar-refractivity contribution in [3.8, 4) is 0 Å². The van der Waals surface area contributed by atoms with Crippen LogP contribution < -0.4 is 5.32 Å². The van der Waals surface area contributed by atoms with Crippen LogP contribution in [0.2, 0.25) is 0 Å². The molecule has 8 heteroatoms. The lowest BCUT2D eigenvalue weighted by Gasteiger charge is -2.36. The molecular formula is C15H24N4O3S. The van der Waals surface area contributed by atoms with E-state index < -0.39 is 9.84 Å². The molecule has 3 heterocycles. The van der Waals surface area contributed by atoms with Crippen LogP contribution in [0.15, 0.2) is 12.3 Å². The molecule has 2 fully saturated rings. The molecular weight excluding hydrogens is 316 g/mol. The molecule has 2 aliphatic rings.